The van der Waals surface area contributed by atoms with Crippen LogP contribution in [0.4, 0.5) is 0 Å². The Balaban J connectivity index is 3.58. The van der Waals surface area contributed by atoms with E-state index in [2.05, 4.69) is 12.6 Å². The van der Waals surface area contributed by atoms with Gasteiger partial charge in [-0.2, -0.15) is 12.6 Å². The van der Waals surface area contributed by atoms with Crippen LogP contribution in [0, 0.1) is 0 Å². The van der Waals surface area contributed by atoms with Crippen molar-refractivity contribution < 1.29 is 19.0 Å². The van der Waals surface area contributed by atoms with E-state index in [9.17, 15) is 4.79 Å². The molecule has 2 atom stereocenters. The lowest BCUT2D eigenvalue weighted by molar-refractivity contribution is -0.220. The van der Waals surface area contributed by atoms with Gasteiger partial charge in [0, 0.05) is 7.11 Å². The summed E-state index contributed by atoms with van der Waals surface area (Å²) < 4.78 is 14.6. The molecular weight excluding hydrogens is 180 g/mol. The lowest BCUT2D eigenvalue weighted by Crippen LogP contribution is -2.24. The Morgan fingerprint density at radius 1 is 1.42 bits per heavy atom. The van der Waals surface area contributed by atoms with Gasteiger partial charge in [0.25, 0.3) is 0 Å². The lowest BCUT2D eigenvalue weighted by Gasteiger charge is -2.17. The van der Waals surface area contributed by atoms with Crippen LogP contribution in [0.5, 0.6) is 0 Å². The summed E-state index contributed by atoms with van der Waals surface area (Å²) in [6, 6.07) is 0. The number of ether oxygens (including phenoxy) is 3. The molecular formula is C7H14O4S. The SMILES string of the molecule is COC(C)OC(C)OC(=O)CS. The van der Waals surface area contributed by atoms with E-state index >= 15 is 0 Å². The molecule has 0 aromatic rings. The van der Waals surface area contributed by atoms with Crippen LogP contribution in [0.15, 0.2) is 0 Å². The molecule has 0 N–H and O–H groups in total. The van der Waals surface area contributed by atoms with Crippen molar-refractivity contribution in [3.63, 3.8) is 0 Å². The van der Waals surface area contributed by atoms with E-state index in [4.69, 9.17) is 14.2 Å². The second-order valence-corrected chi connectivity index (χ2v) is 2.47. The number of carbonyl (C=O) groups excluding carboxylic acids is 1. The van der Waals surface area contributed by atoms with Gasteiger partial charge in [0.05, 0.1) is 5.75 Å². The Bertz CT molecular complexity index is 139. The van der Waals surface area contributed by atoms with Crippen LogP contribution in [0.25, 0.3) is 0 Å². The van der Waals surface area contributed by atoms with E-state index in [1.807, 2.05) is 0 Å². The summed E-state index contributed by atoms with van der Waals surface area (Å²) >= 11 is 3.74. The Hall–Kier alpha value is -0.260. The highest BCUT2D eigenvalue weighted by molar-refractivity contribution is 7.81. The number of hydrogen-bond donors (Lipinski definition) is 1. The predicted octanol–water partition coefficient (Wildman–Crippen LogP) is 0.814. The van der Waals surface area contributed by atoms with Crippen molar-refractivity contribution in [1.29, 1.82) is 0 Å². The van der Waals surface area contributed by atoms with Crippen LogP contribution in [0.3, 0.4) is 0 Å². The van der Waals surface area contributed by atoms with E-state index in [0.717, 1.165) is 0 Å². The van der Waals surface area contributed by atoms with E-state index in [-0.39, 0.29) is 12.0 Å². The molecule has 2 unspecified atom stereocenters. The van der Waals surface area contributed by atoms with Crippen molar-refractivity contribution in [2.45, 2.75) is 26.4 Å². The summed E-state index contributed by atoms with van der Waals surface area (Å²) in [7, 11) is 1.51. The number of hydrogen-bond acceptors (Lipinski definition) is 5. The number of rotatable bonds is 5. The van der Waals surface area contributed by atoms with Gasteiger partial charge in [0.1, 0.15) is 0 Å². The zero-order valence-corrected chi connectivity index (χ0v) is 8.34. The molecule has 5 heteroatoms. The molecule has 0 fully saturated rings. The molecule has 0 aromatic heterocycles. The first kappa shape index (κ1) is 11.7. The smallest absolute Gasteiger partial charge is 0.317 e. The lowest BCUT2D eigenvalue weighted by atomic mass is 10.6. The zero-order chi connectivity index (χ0) is 9.56. The molecule has 0 aliphatic carbocycles. The van der Waals surface area contributed by atoms with Crippen LogP contribution >= 0.6 is 12.6 Å². The maximum atomic E-state index is 10.7. The average Bonchev–Trinajstić information content (AvgIpc) is 2.03. The first-order chi connectivity index (χ1) is 5.60. The van der Waals surface area contributed by atoms with Crippen molar-refractivity contribution >= 4 is 18.6 Å². The molecule has 0 radical (unpaired) electrons. The highest BCUT2D eigenvalue weighted by Crippen LogP contribution is 2.00. The maximum absolute atomic E-state index is 10.7. The molecule has 0 aromatic carbocycles. The van der Waals surface area contributed by atoms with Crippen LogP contribution in [-0.2, 0) is 19.0 Å². The van der Waals surface area contributed by atoms with Gasteiger partial charge >= 0.3 is 5.97 Å². The molecule has 0 aliphatic heterocycles. The molecule has 0 aliphatic rings. The van der Waals surface area contributed by atoms with Gasteiger partial charge in [0.15, 0.2) is 6.29 Å². The minimum atomic E-state index is -0.598. The van der Waals surface area contributed by atoms with E-state index in [1.54, 1.807) is 13.8 Å². The molecule has 4 nitrogen and oxygen atoms in total. The van der Waals surface area contributed by atoms with Crippen molar-refractivity contribution in [3.8, 4) is 0 Å². The third kappa shape index (κ3) is 5.40. The summed E-state index contributed by atoms with van der Waals surface area (Å²) in [4.78, 5) is 10.7. The zero-order valence-electron chi connectivity index (χ0n) is 7.44. The second kappa shape index (κ2) is 6.28. The van der Waals surface area contributed by atoms with Crippen LogP contribution in [0.2, 0.25) is 0 Å². The molecule has 0 bridgehead atoms. The third-order valence-corrected chi connectivity index (χ3v) is 1.40. The molecule has 0 amide bonds. The Morgan fingerprint density at radius 3 is 2.42 bits per heavy atom. The largest absolute Gasteiger partial charge is 0.435 e. The fourth-order valence-electron chi connectivity index (χ4n) is 0.576. The normalized spacial score (nSPS) is 15.3. The summed E-state index contributed by atoms with van der Waals surface area (Å²) in [5, 5.41) is 0. The van der Waals surface area contributed by atoms with Gasteiger partial charge < -0.3 is 14.2 Å². The first-order valence-electron chi connectivity index (χ1n) is 3.58. The molecule has 0 saturated heterocycles. The number of thiol groups is 1. The van der Waals surface area contributed by atoms with Gasteiger partial charge in [-0.25, -0.2) is 0 Å². The van der Waals surface area contributed by atoms with Crippen LogP contribution in [-0.4, -0.2) is 31.4 Å². The molecule has 12 heavy (non-hydrogen) atoms. The minimum absolute atomic E-state index is 0.0507. The summed E-state index contributed by atoms with van der Waals surface area (Å²) in [6.45, 7) is 3.34. The fraction of sp³-hybridized carbons (Fsp3) is 0.857. The van der Waals surface area contributed by atoms with Crippen LogP contribution in [0.1, 0.15) is 13.8 Å². The van der Waals surface area contributed by atoms with E-state index in [1.165, 1.54) is 7.11 Å². The van der Waals surface area contributed by atoms with Crippen LogP contribution < -0.4 is 0 Å². The highest BCUT2D eigenvalue weighted by atomic mass is 32.1. The van der Waals surface area contributed by atoms with Crippen molar-refractivity contribution in [2.75, 3.05) is 12.9 Å². The van der Waals surface area contributed by atoms with Gasteiger partial charge in [-0.1, -0.05) is 0 Å². The summed E-state index contributed by atoms with van der Waals surface area (Å²) in [6.07, 6.45) is -0.979. The summed E-state index contributed by atoms with van der Waals surface area (Å²) in [5.41, 5.74) is 0. The van der Waals surface area contributed by atoms with Crippen molar-refractivity contribution in [3.05, 3.63) is 0 Å². The Labute approximate surface area is 77.6 Å². The number of carbonyl (C=O) groups is 1. The standard InChI is InChI=1S/C7H14O4S/c1-5(9-3)10-6(2)11-7(8)4-12/h5-6,12H,4H2,1-3H3. The molecule has 72 valence electrons. The highest BCUT2D eigenvalue weighted by Gasteiger charge is 2.10. The van der Waals surface area contributed by atoms with Gasteiger partial charge in [-0.3, -0.25) is 4.79 Å². The molecule has 0 rings (SSSR count). The van der Waals surface area contributed by atoms with Gasteiger partial charge in [0.2, 0.25) is 6.29 Å². The van der Waals surface area contributed by atoms with E-state index in [0.29, 0.717) is 0 Å². The topological polar surface area (TPSA) is 44.8 Å². The minimum Gasteiger partial charge on any atom is -0.435 e. The predicted molar refractivity (Wildman–Crippen MR) is 47.0 cm³/mol. The number of esters is 1. The molecule has 0 heterocycles. The molecule has 0 saturated carbocycles. The average molecular weight is 194 g/mol. The Morgan fingerprint density at radius 2 is 2.00 bits per heavy atom. The van der Waals surface area contributed by atoms with Crippen molar-refractivity contribution in [1.82, 2.24) is 0 Å². The first-order valence-corrected chi connectivity index (χ1v) is 4.22. The monoisotopic (exact) mass is 194 g/mol. The summed E-state index contributed by atoms with van der Waals surface area (Å²) in [5.74, 6) is -0.358. The quantitative estimate of drug-likeness (QED) is 0.400. The van der Waals surface area contributed by atoms with E-state index < -0.39 is 12.3 Å². The second-order valence-electron chi connectivity index (χ2n) is 2.16. The number of methoxy groups -OCH3 is 1. The Kier molecular flexibility index (Phi) is 6.14. The van der Waals surface area contributed by atoms with Crippen molar-refractivity contribution in [2.24, 2.45) is 0 Å². The van der Waals surface area contributed by atoms with Gasteiger partial charge in [-0.15, -0.1) is 0 Å². The third-order valence-electron chi connectivity index (χ3n) is 1.14. The fourth-order valence-corrected chi connectivity index (χ4v) is 0.650. The van der Waals surface area contributed by atoms with Gasteiger partial charge in [-0.05, 0) is 13.8 Å². The maximum Gasteiger partial charge on any atom is 0.317 e. The molecule has 0 spiro atoms.